The summed E-state index contributed by atoms with van der Waals surface area (Å²) in [6.45, 7) is 3.75. The summed E-state index contributed by atoms with van der Waals surface area (Å²) in [5.74, 6) is 5.11. The predicted octanol–water partition coefficient (Wildman–Crippen LogP) is -0.0901. The molecule has 4 nitrogen and oxygen atoms in total. The van der Waals surface area contributed by atoms with Crippen LogP contribution in [-0.4, -0.2) is 24.1 Å². The number of hydrazine groups is 1. The van der Waals surface area contributed by atoms with E-state index in [0.717, 1.165) is 5.01 Å². The number of urea groups is 1. The molecule has 0 unspecified atom stereocenters. The van der Waals surface area contributed by atoms with Crippen LogP contribution in [0, 0.1) is 0 Å². The molecule has 0 aliphatic carbocycles. The lowest BCUT2D eigenvalue weighted by Crippen LogP contribution is -2.44. The van der Waals surface area contributed by atoms with Crippen LogP contribution in [0.15, 0.2) is 0 Å². The first-order chi connectivity index (χ1) is 4.04. The summed E-state index contributed by atoms with van der Waals surface area (Å²) in [6.07, 6.45) is 0. The average Bonchev–Trinajstić information content (AvgIpc) is 1.63. The van der Waals surface area contributed by atoms with Crippen LogP contribution in [0.4, 0.5) is 4.79 Å². The van der Waals surface area contributed by atoms with Crippen molar-refractivity contribution in [1.29, 1.82) is 0 Å². The van der Waals surface area contributed by atoms with Gasteiger partial charge in [0.15, 0.2) is 0 Å². The van der Waals surface area contributed by atoms with Crippen LogP contribution in [0.2, 0.25) is 0 Å². The van der Waals surface area contributed by atoms with Gasteiger partial charge in [0.2, 0.25) is 0 Å². The number of nitrogens with one attached hydrogen (secondary N) is 1. The zero-order valence-corrected chi connectivity index (χ0v) is 6.01. The topological polar surface area (TPSA) is 58.4 Å². The first-order valence-corrected chi connectivity index (χ1v) is 2.83. The Morgan fingerprint density at radius 1 is 1.67 bits per heavy atom. The van der Waals surface area contributed by atoms with Crippen LogP contribution in [0.5, 0.6) is 0 Å². The highest BCUT2D eigenvalue weighted by molar-refractivity contribution is 5.73. The Morgan fingerprint density at radius 3 is 2.22 bits per heavy atom. The Morgan fingerprint density at radius 2 is 2.11 bits per heavy atom. The monoisotopic (exact) mass is 131 g/mol. The molecule has 54 valence electrons. The van der Waals surface area contributed by atoms with Crippen molar-refractivity contribution < 1.29 is 4.79 Å². The van der Waals surface area contributed by atoms with E-state index >= 15 is 0 Å². The van der Waals surface area contributed by atoms with Crippen molar-refractivity contribution in [1.82, 2.24) is 10.3 Å². The highest BCUT2D eigenvalue weighted by atomic mass is 16.2. The number of hydrogen-bond donors (Lipinski definition) is 2. The fourth-order valence-electron chi connectivity index (χ4n) is 0.349. The van der Waals surface area contributed by atoms with Gasteiger partial charge in [-0.15, -0.1) is 0 Å². The number of rotatable bonds is 1. The summed E-state index contributed by atoms with van der Waals surface area (Å²) in [7, 11) is 1.50. The van der Waals surface area contributed by atoms with Gasteiger partial charge in [-0.05, 0) is 13.8 Å². The molecule has 0 aromatic heterocycles. The molecule has 0 saturated heterocycles. The van der Waals surface area contributed by atoms with E-state index in [2.05, 4.69) is 5.32 Å². The summed E-state index contributed by atoms with van der Waals surface area (Å²) < 4.78 is 0. The fraction of sp³-hybridized carbons (Fsp3) is 0.800. The smallest absolute Gasteiger partial charge is 0.331 e. The van der Waals surface area contributed by atoms with Gasteiger partial charge >= 0.3 is 6.03 Å². The minimum absolute atomic E-state index is 0.142. The average molecular weight is 131 g/mol. The van der Waals surface area contributed by atoms with Crippen molar-refractivity contribution in [3.63, 3.8) is 0 Å². The third kappa shape index (κ3) is 3.78. The van der Waals surface area contributed by atoms with Gasteiger partial charge in [-0.2, -0.15) is 0 Å². The largest absolute Gasteiger partial charge is 0.335 e. The highest BCUT2D eigenvalue weighted by Gasteiger charge is 2.02. The number of nitrogens with two attached hydrogens (primary N) is 1. The van der Waals surface area contributed by atoms with Crippen molar-refractivity contribution in [2.75, 3.05) is 7.05 Å². The van der Waals surface area contributed by atoms with Gasteiger partial charge in [0, 0.05) is 13.1 Å². The standard InChI is InChI=1S/C5H13N3O/c1-4(2)7-5(9)8(3)6/h4H,6H2,1-3H3,(H,7,9). The first-order valence-electron chi connectivity index (χ1n) is 2.83. The quantitative estimate of drug-likeness (QED) is 0.297. The van der Waals surface area contributed by atoms with E-state index in [-0.39, 0.29) is 12.1 Å². The molecule has 0 spiro atoms. The second-order valence-corrected chi connectivity index (χ2v) is 2.22. The third-order valence-electron chi connectivity index (χ3n) is 0.732. The maximum Gasteiger partial charge on any atom is 0.331 e. The van der Waals surface area contributed by atoms with Gasteiger partial charge in [0.05, 0.1) is 0 Å². The molecule has 0 atom stereocenters. The molecule has 2 amide bonds. The normalized spacial score (nSPS) is 9.44. The second kappa shape index (κ2) is 3.29. The molecule has 0 aromatic carbocycles. The molecule has 0 radical (unpaired) electrons. The second-order valence-electron chi connectivity index (χ2n) is 2.22. The molecular weight excluding hydrogens is 118 g/mol. The van der Waals surface area contributed by atoms with Crippen molar-refractivity contribution in [2.24, 2.45) is 5.84 Å². The summed E-state index contributed by atoms with van der Waals surface area (Å²) in [5, 5.41) is 3.62. The molecule has 0 rings (SSSR count). The SMILES string of the molecule is CC(C)NC(=O)N(C)N. The van der Waals surface area contributed by atoms with Crippen molar-refractivity contribution in [3.05, 3.63) is 0 Å². The third-order valence-corrected chi connectivity index (χ3v) is 0.732. The Balaban J connectivity index is 3.51. The van der Waals surface area contributed by atoms with E-state index in [0.29, 0.717) is 0 Å². The Bertz CT molecular complexity index is 100. The number of hydrogen-bond acceptors (Lipinski definition) is 2. The molecule has 0 saturated carbocycles. The minimum Gasteiger partial charge on any atom is -0.335 e. The zero-order valence-electron chi connectivity index (χ0n) is 6.01. The van der Waals surface area contributed by atoms with E-state index < -0.39 is 0 Å². The van der Waals surface area contributed by atoms with Gasteiger partial charge in [-0.3, -0.25) is 5.01 Å². The molecule has 0 fully saturated rings. The molecule has 0 heterocycles. The summed E-state index contributed by atoms with van der Waals surface area (Å²) in [5.41, 5.74) is 0. The van der Waals surface area contributed by atoms with Gasteiger partial charge in [-0.25, -0.2) is 10.6 Å². The minimum atomic E-state index is -0.259. The fourth-order valence-corrected chi connectivity index (χ4v) is 0.349. The van der Waals surface area contributed by atoms with Crippen molar-refractivity contribution in [3.8, 4) is 0 Å². The van der Waals surface area contributed by atoms with Crippen molar-refractivity contribution in [2.45, 2.75) is 19.9 Å². The van der Waals surface area contributed by atoms with Crippen LogP contribution in [0.3, 0.4) is 0 Å². The number of amides is 2. The molecule has 0 bridgehead atoms. The molecule has 0 aliphatic heterocycles. The zero-order chi connectivity index (χ0) is 7.44. The van der Waals surface area contributed by atoms with Gasteiger partial charge in [0.25, 0.3) is 0 Å². The highest BCUT2D eigenvalue weighted by Crippen LogP contribution is 1.78. The number of carbonyl (C=O) groups is 1. The van der Waals surface area contributed by atoms with Crippen LogP contribution < -0.4 is 11.2 Å². The Hall–Kier alpha value is -0.770. The lowest BCUT2D eigenvalue weighted by atomic mass is 10.4. The van der Waals surface area contributed by atoms with E-state index in [1.807, 2.05) is 13.8 Å². The van der Waals surface area contributed by atoms with E-state index in [1.54, 1.807) is 0 Å². The lowest BCUT2D eigenvalue weighted by molar-refractivity contribution is 0.207. The summed E-state index contributed by atoms with van der Waals surface area (Å²) in [6, 6.07) is -0.117. The van der Waals surface area contributed by atoms with Crippen molar-refractivity contribution >= 4 is 6.03 Å². The van der Waals surface area contributed by atoms with Crippen LogP contribution in [-0.2, 0) is 0 Å². The molecule has 9 heavy (non-hydrogen) atoms. The predicted molar refractivity (Wildman–Crippen MR) is 35.6 cm³/mol. The molecule has 0 aliphatic rings. The lowest BCUT2D eigenvalue weighted by Gasteiger charge is -2.13. The Kier molecular flexibility index (Phi) is 3.01. The first kappa shape index (κ1) is 8.23. The van der Waals surface area contributed by atoms with Crippen LogP contribution in [0.1, 0.15) is 13.8 Å². The maximum absolute atomic E-state index is 10.6. The van der Waals surface area contributed by atoms with Crippen LogP contribution >= 0.6 is 0 Å². The number of carbonyl (C=O) groups excluding carboxylic acids is 1. The van der Waals surface area contributed by atoms with E-state index in [4.69, 9.17) is 5.84 Å². The van der Waals surface area contributed by atoms with E-state index in [9.17, 15) is 4.79 Å². The molecule has 4 heteroatoms. The van der Waals surface area contributed by atoms with E-state index in [1.165, 1.54) is 7.05 Å². The van der Waals surface area contributed by atoms with Gasteiger partial charge in [-0.1, -0.05) is 0 Å². The molecule has 3 N–H and O–H groups in total. The Labute approximate surface area is 55.0 Å². The maximum atomic E-state index is 10.6. The number of nitrogens with zero attached hydrogens (tertiary/aromatic N) is 1. The van der Waals surface area contributed by atoms with Gasteiger partial charge in [0.1, 0.15) is 0 Å². The summed E-state index contributed by atoms with van der Waals surface area (Å²) >= 11 is 0. The summed E-state index contributed by atoms with van der Waals surface area (Å²) in [4.78, 5) is 10.6. The molecular formula is C5H13N3O. The van der Waals surface area contributed by atoms with Crippen LogP contribution in [0.25, 0.3) is 0 Å². The van der Waals surface area contributed by atoms with Gasteiger partial charge < -0.3 is 5.32 Å². The molecule has 0 aromatic rings.